The van der Waals surface area contributed by atoms with Crippen molar-refractivity contribution >= 4 is 33.7 Å². The van der Waals surface area contributed by atoms with E-state index in [2.05, 4.69) is 20.1 Å². The van der Waals surface area contributed by atoms with Gasteiger partial charge >= 0.3 is 0 Å². The van der Waals surface area contributed by atoms with Crippen molar-refractivity contribution in [3.8, 4) is 22.9 Å². The molecule has 1 amide bonds. The van der Waals surface area contributed by atoms with Gasteiger partial charge in [0, 0.05) is 18.0 Å². The predicted octanol–water partition coefficient (Wildman–Crippen LogP) is 4.07. The van der Waals surface area contributed by atoms with Gasteiger partial charge in [0.1, 0.15) is 19.0 Å². The van der Waals surface area contributed by atoms with E-state index in [9.17, 15) is 4.79 Å². The number of para-hydroxylation sites is 2. The molecule has 0 bridgehead atoms. The summed E-state index contributed by atoms with van der Waals surface area (Å²) in [4.78, 5) is 17.5. The van der Waals surface area contributed by atoms with Crippen molar-refractivity contribution in [2.75, 3.05) is 18.5 Å². The highest BCUT2D eigenvalue weighted by Gasteiger charge is 2.16. The Morgan fingerprint density at radius 2 is 1.91 bits per heavy atom. The lowest BCUT2D eigenvalue weighted by Gasteiger charge is -2.18. The number of anilines is 1. The quantitative estimate of drug-likeness (QED) is 0.440. The van der Waals surface area contributed by atoms with E-state index in [1.54, 1.807) is 0 Å². The Morgan fingerprint density at radius 1 is 1.06 bits per heavy atom. The van der Waals surface area contributed by atoms with Crippen LogP contribution in [0.1, 0.15) is 5.56 Å². The van der Waals surface area contributed by atoms with Gasteiger partial charge in [0.05, 0.1) is 23.0 Å². The number of fused-ring (bicyclic) bond motifs is 3. The lowest BCUT2D eigenvalue weighted by Crippen LogP contribution is -2.17. The zero-order chi connectivity index (χ0) is 22.4. The van der Waals surface area contributed by atoms with Crippen LogP contribution in [0.15, 0.2) is 60.7 Å². The van der Waals surface area contributed by atoms with E-state index < -0.39 is 0 Å². The lowest BCUT2D eigenvalue weighted by atomic mass is 10.1. The van der Waals surface area contributed by atoms with Gasteiger partial charge in [-0.1, -0.05) is 18.2 Å². The minimum absolute atomic E-state index is 0.159. The molecule has 0 saturated heterocycles. The van der Waals surface area contributed by atoms with Gasteiger partial charge in [-0.2, -0.15) is 5.10 Å². The first-order valence-corrected chi connectivity index (χ1v) is 10.7. The van der Waals surface area contributed by atoms with Gasteiger partial charge in [-0.3, -0.25) is 9.89 Å². The number of imidazole rings is 1. The summed E-state index contributed by atoms with van der Waals surface area (Å²) in [6, 6.07) is 19.5. The van der Waals surface area contributed by atoms with E-state index >= 15 is 0 Å². The smallest absolute Gasteiger partial charge is 0.230 e. The molecule has 6 rings (SSSR count). The average molecular weight is 439 g/mol. The highest BCUT2D eigenvalue weighted by molar-refractivity contribution is 6.01. The SMILES string of the molecule is Cn1c(-c2ccc3[nH]nc(NC(=O)Cc4ccc5c(c4)OCCO5)c3c2)nc2ccccc21. The second kappa shape index (κ2) is 7.67. The lowest BCUT2D eigenvalue weighted by molar-refractivity contribution is -0.115. The Hall–Kier alpha value is -4.33. The number of ether oxygens (including phenoxy) is 2. The number of amides is 1. The van der Waals surface area contributed by atoms with Gasteiger partial charge in [-0.05, 0) is 48.0 Å². The predicted molar refractivity (Wildman–Crippen MR) is 126 cm³/mol. The van der Waals surface area contributed by atoms with Crippen LogP contribution in [-0.4, -0.2) is 38.9 Å². The number of nitrogens with zero attached hydrogens (tertiary/aromatic N) is 3. The molecule has 5 aromatic rings. The molecule has 8 heteroatoms. The van der Waals surface area contributed by atoms with Crippen LogP contribution < -0.4 is 14.8 Å². The third kappa shape index (κ3) is 3.45. The Kier molecular flexibility index (Phi) is 4.50. The Labute approximate surface area is 189 Å². The Bertz CT molecular complexity index is 1520. The number of hydrogen-bond acceptors (Lipinski definition) is 5. The standard InChI is InChI=1S/C25H21N5O3/c1-30-20-5-3-2-4-19(20)26-25(30)16-7-8-18-17(14-16)24(29-28-18)27-23(31)13-15-6-9-21-22(12-15)33-11-10-32-21/h2-9,12,14H,10-11,13H2,1H3,(H2,27,28,29,31). The molecule has 0 spiro atoms. The molecule has 3 heterocycles. The summed E-state index contributed by atoms with van der Waals surface area (Å²) in [5.74, 6) is 2.57. The number of H-pyrrole nitrogens is 1. The number of hydrogen-bond donors (Lipinski definition) is 2. The second-order valence-corrected chi connectivity index (χ2v) is 8.02. The van der Waals surface area contributed by atoms with Crippen molar-refractivity contribution in [1.29, 1.82) is 0 Å². The van der Waals surface area contributed by atoms with E-state index in [1.165, 1.54) is 0 Å². The fourth-order valence-corrected chi connectivity index (χ4v) is 4.21. The minimum Gasteiger partial charge on any atom is -0.486 e. The molecule has 0 fully saturated rings. The molecule has 0 saturated carbocycles. The van der Waals surface area contributed by atoms with Crippen molar-refractivity contribution in [3.63, 3.8) is 0 Å². The molecule has 0 aliphatic carbocycles. The van der Waals surface area contributed by atoms with Gasteiger partial charge in [0.25, 0.3) is 0 Å². The van der Waals surface area contributed by atoms with Crippen LogP contribution in [0.4, 0.5) is 5.82 Å². The number of carbonyl (C=O) groups is 1. The summed E-state index contributed by atoms with van der Waals surface area (Å²) in [7, 11) is 2.00. The summed E-state index contributed by atoms with van der Waals surface area (Å²) in [5.41, 5.74) is 4.64. The second-order valence-electron chi connectivity index (χ2n) is 8.02. The molecular weight excluding hydrogens is 418 g/mol. The molecular formula is C25H21N5O3. The first-order valence-electron chi connectivity index (χ1n) is 10.7. The highest BCUT2D eigenvalue weighted by Crippen LogP contribution is 2.32. The molecule has 8 nitrogen and oxygen atoms in total. The number of aromatic amines is 1. The first kappa shape index (κ1) is 19.4. The Balaban J connectivity index is 1.27. The van der Waals surface area contributed by atoms with Crippen molar-refractivity contribution in [2.45, 2.75) is 6.42 Å². The monoisotopic (exact) mass is 439 g/mol. The summed E-state index contributed by atoms with van der Waals surface area (Å²) >= 11 is 0. The maximum atomic E-state index is 12.8. The molecule has 1 aliphatic rings. The van der Waals surface area contributed by atoms with Gasteiger partial charge in [-0.25, -0.2) is 4.98 Å². The van der Waals surface area contributed by atoms with Crippen molar-refractivity contribution in [2.24, 2.45) is 7.05 Å². The van der Waals surface area contributed by atoms with E-state index in [0.29, 0.717) is 30.5 Å². The topological polar surface area (TPSA) is 94.1 Å². The van der Waals surface area contributed by atoms with Crippen molar-refractivity contribution in [3.05, 3.63) is 66.2 Å². The van der Waals surface area contributed by atoms with Crippen LogP contribution in [0.2, 0.25) is 0 Å². The van der Waals surface area contributed by atoms with Crippen LogP contribution in [-0.2, 0) is 18.3 Å². The van der Waals surface area contributed by atoms with E-state index in [-0.39, 0.29) is 12.3 Å². The molecule has 2 N–H and O–H groups in total. The molecule has 33 heavy (non-hydrogen) atoms. The van der Waals surface area contributed by atoms with Crippen molar-refractivity contribution < 1.29 is 14.3 Å². The van der Waals surface area contributed by atoms with Gasteiger partial charge in [0.2, 0.25) is 5.91 Å². The first-order chi connectivity index (χ1) is 16.2. The molecule has 164 valence electrons. The molecule has 0 radical (unpaired) electrons. The normalized spacial score (nSPS) is 12.9. The molecule has 3 aromatic carbocycles. The molecule has 0 unspecified atom stereocenters. The largest absolute Gasteiger partial charge is 0.486 e. The Morgan fingerprint density at radius 3 is 2.79 bits per heavy atom. The number of rotatable bonds is 4. The van der Waals surface area contributed by atoms with E-state index in [4.69, 9.17) is 14.5 Å². The van der Waals surface area contributed by atoms with Crippen LogP contribution in [0.25, 0.3) is 33.3 Å². The maximum absolute atomic E-state index is 12.8. The van der Waals surface area contributed by atoms with Gasteiger partial charge < -0.3 is 19.4 Å². The fourth-order valence-electron chi connectivity index (χ4n) is 4.21. The van der Waals surface area contributed by atoms with Crippen molar-refractivity contribution in [1.82, 2.24) is 19.7 Å². The van der Waals surface area contributed by atoms with Crippen LogP contribution in [0, 0.1) is 0 Å². The average Bonchev–Trinajstić information content (AvgIpc) is 3.39. The third-order valence-corrected chi connectivity index (χ3v) is 5.84. The highest BCUT2D eigenvalue weighted by atomic mass is 16.6. The number of carbonyl (C=O) groups excluding carboxylic acids is 1. The van der Waals surface area contributed by atoms with Crippen LogP contribution >= 0.6 is 0 Å². The maximum Gasteiger partial charge on any atom is 0.230 e. The number of benzene rings is 3. The zero-order valence-electron chi connectivity index (χ0n) is 18.0. The summed E-state index contributed by atoms with van der Waals surface area (Å²) in [6.45, 7) is 1.05. The molecule has 0 atom stereocenters. The van der Waals surface area contributed by atoms with Gasteiger partial charge in [0.15, 0.2) is 17.3 Å². The number of aromatic nitrogens is 4. The molecule has 2 aromatic heterocycles. The summed E-state index contributed by atoms with van der Waals surface area (Å²) in [6.07, 6.45) is 0.204. The number of nitrogens with one attached hydrogen (secondary N) is 2. The van der Waals surface area contributed by atoms with E-state index in [0.717, 1.165) is 38.9 Å². The number of aryl methyl sites for hydroxylation is 1. The minimum atomic E-state index is -0.159. The van der Waals surface area contributed by atoms with E-state index in [1.807, 2.05) is 67.7 Å². The summed E-state index contributed by atoms with van der Waals surface area (Å²) < 4.78 is 13.2. The fraction of sp³-hybridized carbons (Fsp3) is 0.160. The van der Waals surface area contributed by atoms with Crippen LogP contribution in [0.3, 0.4) is 0 Å². The summed E-state index contributed by atoms with van der Waals surface area (Å²) in [5, 5.41) is 11.1. The molecule has 1 aliphatic heterocycles. The third-order valence-electron chi connectivity index (χ3n) is 5.84. The van der Waals surface area contributed by atoms with Gasteiger partial charge in [-0.15, -0.1) is 0 Å². The van der Waals surface area contributed by atoms with Crippen LogP contribution in [0.5, 0.6) is 11.5 Å². The zero-order valence-corrected chi connectivity index (χ0v) is 18.0.